The number of thiocarbonyl (C=S) groups is 1. The molecule has 0 aliphatic heterocycles. The summed E-state index contributed by atoms with van der Waals surface area (Å²) in [6, 6.07) is 11.9. The van der Waals surface area contributed by atoms with Gasteiger partial charge in [0, 0.05) is 12.1 Å². The first-order valence-electron chi connectivity index (χ1n) is 8.99. The molecule has 0 atom stereocenters. The predicted molar refractivity (Wildman–Crippen MR) is 123 cm³/mol. The lowest BCUT2D eigenvalue weighted by Gasteiger charge is -2.14. The molecule has 2 aromatic carbocycles. The third kappa shape index (κ3) is 6.69. The average Bonchev–Trinajstić information content (AvgIpc) is 2.71. The van der Waals surface area contributed by atoms with Crippen molar-refractivity contribution < 1.29 is 14.3 Å². The Morgan fingerprint density at radius 2 is 1.97 bits per heavy atom. The van der Waals surface area contributed by atoms with E-state index in [1.165, 1.54) is 0 Å². The molecule has 0 heterocycles. The number of para-hydroxylation sites is 1. The van der Waals surface area contributed by atoms with Crippen molar-refractivity contribution in [2.75, 3.05) is 18.5 Å². The van der Waals surface area contributed by atoms with E-state index in [-0.39, 0.29) is 16.9 Å². The van der Waals surface area contributed by atoms with Gasteiger partial charge in [-0.25, -0.2) is 0 Å². The lowest BCUT2D eigenvalue weighted by molar-refractivity contribution is 0.0956. The highest BCUT2D eigenvalue weighted by molar-refractivity contribution is 9.10. The highest BCUT2D eigenvalue weighted by Gasteiger charge is 2.14. The molecule has 0 saturated carbocycles. The Morgan fingerprint density at radius 1 is 1.21 bits per heavy atom. The van der Waals surface area contributed by atoms with Crippen LogP contribution in [0.25, 0.3) is 0 Å². The van der Waals surface area contributed by atoms with E-state index in [2.05, 4.69) is 38.5 Å². The number of ether oxygens (including phenoxy) is 1. The average molecular weight is 476 g/mol. The summed E-state index contributed by atoms with van der Waals surface area (Å²) in [7, 11) is 0. The zero-order valence-corrected chi connectivity index (χ0v) is 18.4. The van der Waals surface area contributed by atoms with Crippen molar-refractivity contribution in [1.29, 1.82) is 0 Å². The van der Waals surface area contributed by atoms with E-state index in [9.17, 15) is 9.59 Å². The number of anilines is 1. The molecule has 0 aromatic heterocycles. The van der Waals surface area contributed by atoms with Gasteiger partial charge in [-0.3, -0.25) is 14.9 Å². The minimum atomic E-state index is -0.376. The van der Waals surface area contributed by atoms with Crippen LogP contribution in [0.15, 0.2) is 59.6 Å². The van der Waals surface area contributed by atoms with Crippen LogP contribution in [-0.4, -0.2) is 30.1 Å². The fourth-order valence-electron chi connectivity index (χ4n) is 2.35. The molecule has 6 nitrogen and oxygen atoms in total. The maximum atomic E-state index is 12.5. The molecule has 0 saturated heterocycles. The second-order valence-corrected chi connectivity index (χ2v) is 7.21. The van der Waals surface area contributed by atoms with Crippen LogP contribution in [0.1, 0.15) is 34.1 Å². The van der Waals surface area contributed by atoms with E-state index in [0.29, 0.717) is 40.2 Å². The van der Waals surface area contributed by atoms with Crippen molar-refractivity contribution in [1.82, 2.24) is 10.6 Å². The van der Waals surface area contributed by atoms with E-state index in [0.717, 1.165) is 6.42 Å². The molecular formula is C21H22BrN3O3S. The quantitative estimate of drug-likeness (QED) is 0.392. The minimum Gasteiger partial charge on any atom is -0.492 e. The van der Waals surface area contributed by atoms with Crippen molar-refractivity contribution in [3.05, 3.63) is 70.7 Å². The summed E-state index contributed by atoms with van der Waals surface area (Å²) in [5, 5.41) is 8.31. The van der Waals surface area contributed by atoms with Gasteiger partial charge in [0.15, 0.2) is 5.11 Å². The van der Waals surface area contributed by atoms with Crippen molar-refractivity contribution >= 4 is 50.8 Å². The van der Waals surface area contributed by atoms with Crippen molar-refractivity contribution in [2.45, 2.75) is 13.3 Å². The largest absolute Gasteiger partial charge is 0.492 e. The summed E-state index contributed by atoms with van der Waals surface area (Å²) in [4.78, 5) is 24.7. The Kier molecular flexibility index (Phi) is 8.82. The molecule has 29 heavy (non-hydrogen) atoms. The van der Waals surface area contributed by atoms with E-state index < -0.39 is 0 Å². The Hall–Kier alpha value is -2.71. The van der Waals surface area contributed by atoms with Gasteiger partial charge < -0.3 is 15.4 Å². The topological polar surface area (TPSA) is 79.5 Å². The van der Waals surface area contributed by atoms with Crippen LogP contribution in [0.4, 0.5) is 5.69 Å². The third-order valence-corrected chi connectivity index (χ3v) is 4.53. The predicted octanol–water partition coefficient (Wildman–Crippen LogP) is 4.28. The van der Waals surface area contributed by atoms with Gasteiger partial charge in [-0.15, -0.1) is 6.58 Å². The van der Waals surface area contributed by atoms with Gasteiger partial charge in [0.05, 0.1) is 22.3 Å². The summed E-state index contributed by atoms with van der Waals surface area (Å²) >= 11 is 8.64. The standard InChI is InChI=1S/C21H22BrN3O3S/c1-3-11-23-20(27)15-7-5-6-8-17(15)24-21(29)25-19(26)14-9-10-18(16(22)13-14)28-12-4-2/h3,5-10,13H,1,4,11-12H2,2H3,(H,23,27)(H2,24,25,26,29). The van der Waals surface area contributed by atoms with Gasteiger partial charge in [-0.05, 0) is 64.9 Å². The van der Waals surface area contributed by atoms with Gasteiger partial charge in [-0.2, -0.15) is 0 Å². The molecule has 0 radical (unpaired) electrons. The fourth-order valence-corrected chi connectivity index (χ4v) is 3.05. The van der Waals surface area contributed by atoms with Crippen molar-refractivity contribution in [3.63, 3.8) is 0 Å². The van der Waals surface area contributed by atoms with E-state index in [1.807, 2.05) is 6.92 Å². The van der Waals surface area contributed by atoms with Gasteiger partial charge in [-0.1, -0.05) is 25.1 Å². The summed E-state index contributed by atoms with van der Waals surface area (Å²) < 4.78 is 6.27. The molecule has 0 aliphatic carbocycles. The lowest BCUT2D eigenvalue weighted by Crippen LogP contribution is -2.35. The Bertz CT molecular complexity index is 918. The SMILES string of the molecule is C=CCNC(=O)c1ccccc1NC(=S)NC(=O)c1ccc(OCCC)c(Br)c1. The third-order valence-electron chi connectivity index (χ3n) is 3.71. The van der Waals surface area contributed by atoms with Gasteiger partial charge in [0.1, 0.15) is 5.75 Å². The molecule has 0 spiro atoms. The van der Waals surface area contributed by atoms with Crippen LogP contribution in [0.3, 0.4) is 0 Å². The number of carbonyl (C=O) groups is 2. The van der Waals surface area contributed by atoms with Crippen molar-refractivity contribution in [2.24, 2.45) is 0 Å². The van der Waals surface area contributed by atoms with Crippen LogP contribution < -0.4 is 20.7 Å². The first-order chi connectivity index (χ1) is 14.0. The summed E-state index contributed by atoms with van der Waals surface area (Å²) in [5.41, 5.74) is 1.32. The van der Waals surface area contributed by atoms with E-state index >= 15 is 0 Å². The Labute approximate surface area is 183 Å². The second-order valence-electron chi connectivity index (χ2n) is 5.95. The Morgan fingerprint density at radius 3 is 2.66 bits per heavy atom. The molecule has 0 bridgehead atoms. The summed E-state index contributed by atoms with van der Waals surface area (Å²) in [5.74, 6) is 0.0242. The minimum absolute atomic E-state index is 0.0846. The highest BCUT2D eigenvalue weighted by Crippen LogP contribution is 2.26. The number of hydrogen-bond acceptors (Lipinski definition) is 4. The van der Waals surface area contributed by atoms with Crippen LogP contribution in [-0.2, 0) is 0 Å². The summed E-state index contributed by atoms with van der Waals surface area (Å²) in [6.07, 6.45) is 2.48. The number of amides is 2. The van der Waals surface area contributed by atoms with Crippen LogP contribution in [0, 0.1) is 0 Å². The molecule has 0 fully saturated rings. The normalized spacial score (nSPS) is 10.0. The van der Waals surface area contributed by atoms with E-state index in [1.54, 1.807) is 48.5 Å². The number of carbonyl (C=O) groups excluding carboxylic acids is 2. The molecule has 0 unspecified atom stereocenters. The zero-order valence-electron chi connectivity index (χ0n) is 16.0. The van der Waals surface area contributed by atoms with Gasteiger partial charge in [0.2, 0.25) is 0 Å². The van der Waals surface area contributed by atoms with Crippen LogP contribution in [0.5, 0.6) is 5.75 Å². The second kappa shape index (κ2) is 11.3. The molecule has 8 heteroatoms. The number of rotatable bonds is 8. The zero-order chi connectivity index (χ0) is 21.2. The summed E-state index contributed by atoms with van der Waals surface area (Å²) in [6.45, 7) is 6.54. The first kappa shape index (κ1) is 22.6. The van der Waals surface area contributed by atoms with Crippen LogP contribution in [0.2, 0.25) is 0 Å². The van der Waals surface area contributed by atoms with Crippen LogP contribution >= 0.6 is 28.1 Å². The number of hydrogen-bond donors (Lipinski definition) is 3. The lowest BCUT2D eigenvalue weighted by atomic mass is 10.1. The monoisotopic (exact) mass is 475 g/mol. The maximum Gasteiger partial charge on any atom is 0.257 e. The molecule has 0 aliphatic rings. The molecule has 3 N–H and O–H groups in total. The fraction of sp³-hybridized carbons (Fsp3) is 0.190. The Balaban J connectivity index is 2.04. The smallest absolute Gasteiger partial charge is 0.257 e. The van der Waals surface area contributed by atoms with Gasteiger partial charge >= 0.3 is 0 Å². The molecule has 2 amide bonds. The first-order valence-corrected chi connectivity index (χ1v) is 10.2. The number of nitrogens with one attached hydrogen (secondary N) is 3. The molecular weight excluding hydrogens is 454 g/mol. The molecule has 2 rings (SSSR count). The van der Waals surface area contributed by atoms with Gasteiger partial charge in [0.25, 0.3) is 11.8 Å². The number of halogens is 1. The maximum absolute atomic E-state index is 12.5. The number of benzene rings is 2. The van der Waals surface area contributed by atoms with E-state index in [4.69, 9.17) is 17.0 Å². The molecule has 2 aromatic rings. The highest BCUT2D eigenvalue weighted by atomic mass is 79.9. The molecule has 152 valence electrons. The van der Waals surface area contributed by atoms with Crippen molar-refractivity contribution in [3.8, 4) is 5.75 Å².